The Bertz CT molecular complexity index is 801. The van der Waals surface area contributed by atoms with Crippen LogP contribution >= 0.6 is 0 Å². The fourth-order valence-corrected chi connectivity index (χ4v) is 3.31. The topological polar surface area (TPSA) is 85.2 Å². The number of aromatic hydroxyl groups is 2. The maximum Gasteiger partial charge on any atom is 0.309 e. The largest absolute Gasteiger partial charge is 0.504 e. The van der Waals surface area contributed by atoms with Crippen molar-refractivity contribution >= 4 is 5.97 Å². The van der Waals surface area contributed by atoms with E-state index in [4.69, 9.17) is 14.2 Å². The molecule has 1 heterocycles. The zero-order chi connectivity index (χ0) is 18.7. The lowest BCUT2D eigenvalue weighted by Crippen LogP contribution is -2.20. The monoisotopic (exact) mass is 358 g/mol. The van der Waals surface area contributed by atoms with E-state index in [1.165, 1.54) is 14.2 Å². The first-order valence-electron chi connectivity index (χ1n) is 8.40. The number of esters is 1. The molecule has 0 spiro atoms. The average molecular weight is 358 g/mol. The molecule has 1 aliphatic rings. The number of phenols is 2. The van der Waals surface area contributed by atoms with Crippen LogP contribution in [0.3, 0.4) is 0 Å². The Morgan fingerprint density at radius 2 is 1.50 bits per heavy atom. The normalized spacial score (nSPS) is 19.2. The van der Waals surface area contributed by atoms with Crippen molar-refractivity contribution in [3.05, 3.63) is 47.5 Å². The van der Waals surface area contributed by atoms with Gasteiger partial charge in [-0.25, -0.2) is 0 Å². The van der Waals surface area contributed by atoms with Crippen molar-refractivity contribution in [1.29, 1.82) is 0 Å². The van der Waals surface area contributed by atoms with Gasteiger partial charge in [0, 0.05) is 5.92 Å². The van der Waals surface area contributed by atoms with Gasteiger partial charge in [0.05, 0.1) is 26.7 Å². The minimum atomic E-state index is -0.274. The third-order valence-corrected chi connectivity index (χ3v) is 4.75. The Kier molecular flexibility index (Phi) is 5.21. The molecule has 0 saturated carbocycles. The zero-order valence-corrected chi connectivity index (χ0v) is 14.8. The number of ether oxygens (including phenoxy) is 3. The van der Waals surface area contributed by atoms with Crippen LogP contribution in [0.1, 0.15) is 11.1 Å². The molecule has 0 aromatic heterocycles. The number of carbonyl (C=O) groups is 1. The lowest BCUT2D eigenvalue weighted by atomic mass is 9.85. The van der Waals surface area contributed by atoms with Crippen molar-refractivity contribution in [3.63, 3.8) is 0 Å². The number of cyclic esters (lactones) is 1. The highest BCUT2D eigenvalue weighted by atomic mass is 16.5. The summed E-state index contributed by atoms with van der Waals surface area (Å²) in [4.78, 5) is 12.2. The highest BCUT2D eigenvalue weighted by Crippen LogP contribution is 2.34. The van der Waals surface area contributed by atoms with E-state index in [-0.39, 0.29) is 29.3 Å². The lowest BCUT2D eigenvalue weighted by Gasteiger charge is -2.16. The van der Waals surface area contributed by atoms with Gasteiger partial charge in [0.2, 0.25) is 0 Å². The van der Waals surface area contributed by atoms with Crippen molar-refractivity contribution in [3.8, 4) is 23.0 Å². The first-order valence-corrected chi connectivity index (χ1v) is 8.40. The van der Waals surface area contributed by atoms with Gasteiger partial charge in [-0.1, -0.05) is 12.1 Å². The highest BCUT2D eigenvalue weighted by molar-refractivity contribution is 5.75. The molecule has 0 amide bonds. The minimum absolute atomic E-state index is 0.0246. The molecule has 0 radical (unpaired) electrons. The molecule has 1 aliphatic heterocycles. The minimum Gasteiger partial charge on any atom is -0.504 e. The number of benzene rings is 2. The van der Waals surface area contributed by atoms with Gasteiger partial charge in [-0.3, -0.25) is 4.79 Å². The molecule has 0 bridgehead atoms. The van der Waals surface area contributed by atoms with Gasteiger partial charge in [0.15, 0.2) is 23.0 Å². The third-order valence-electron chi connectivity index (χ3n) is 4.75. The van der Waals surface area contributed by atoms with Crippen molar-refractivity contribution in [2.75, 3.05) is 20.8 Å². The molecule has 6 heteroatoms. The van der Waals surface area contributed by atoms with Crippen LogP contribution in [0.2, 0.25) is 0 Å². The molecular weight excluding hydrogens is 336 g/mol. The SMILES string of the molecule is COc1cc(CC2C(=O)OC[C@@H]2Cc2ccc(O)c(OC)c2)ccc1O. The second-order valence-corrected chi connectivity index (χ2v) is 6.42. The predicted octanol–water partition coefficient (Wildman–Crippen LogP) is 2.69. The van der Waals surface area contributed by atoms with Crippen LogP contribution in [0, 0.1) is 11.8 Å². The summed E-state index contributed by atoms with van der Waals surface area (Å²) >= 11 is 0. The van der Waals surface area contributed by atoms with E-state index >= 15 is 0 Å². The second kappa shape index (κ2) is 7.56. The smallest absolute Gasteiger partial charge is 0.309 e. The summed E-state index contributed by atoms with van der Waals surface area (Å²) in [7, 11) is 2.99. The second-order valence-electron chi connectivity index (χ2n) is 6.42. The summed E-state index contributed by atoms with van der Waals surface area (Å²) in [6.45, 7) is 0.363. The molecule has 2 aromatic carbocycles. The molecule has 3 rings (SSSR count). The average Bonchev–Trinajstić information content (AvgIpc) is 2.98. The molecule has 2 atom stereocenters. The van der Waals surface area contributed by atoms with Gasteiger partial charge >= 0.3 is 5.97 Å². The van der Waals surface area contributed by atoms with Crippen LogP contribution in [0.5, 0.6) is 23.0 Å². The highest BCUT2D eigenvalue weighted by Gasteiger charge is 2.37. The Morgan fingerprint density at radius 1 is 0.962 bits per heavy atom. The zero-order valence-electron chi connectivity index (χ0n) is 14.8. The van der Waals surface area contributed by atoms with Gasteiger partial charge in [-0.2, -0.15) is 0 Å². The first kappa shape index (κ1) is 17.9. The Balaban J connectivity index is 1.76. The molecule has 1 unspecified atom stereocenters. The van der Waals surface area contributed by atoms with Crippen molar-refractivity contribution in [1.82, 2.24) is 0 Å². The third kappa shape index (κ3) is 3.69. The van der Waals surface area contributed by atoms with Crippen LogP contribution in [-0.4, -0.2) is 37.0 Å². The van der Waals surface area contributed by atoms with Crippen LogP contribution in [0.25, 0.3) is 0 Å². The summed E-state index contributed by atoms with van der Waals surface area (Å²) in [5.41, 5.74) is 1.87. The van der Waals surface area contributed by atoms with Gasteiger partial charge in [-0.05, 0) is 48.2 Å². The molecule has 138 valence electrons. The summed E-state index contributed by atoms with van der Waals surface area (Å²) in [6.07, 6.45) is 1.15. The van der Waals surface area contributed by atoms with Crippen LogP contribution in [0.4, 0.5) is 0 Å². The standard InChI is InChI=1S/C20H22O6/c1-24-18-9-12(3-5-16(18)21)7-14-11-26-20(23)15(14)8-13-4-6-17(22)19(10-13)25-2/h3-6,9-10,14-15,21-22H,7-8,11H2,1-2H3/t14-,15?/m0/s1. The number of rotatable bonds is 6. The van der Waals surface area contributed by atoms with Crippen LogP contribution < -0.4 is 9.47 Å². The maximum atomic E-state index is 12.2. The molecule has 1 saturated heterocycles. The van der Waals surface area contributed by atoms with Gasteiger partial charge < -0.3 is 24.4 Å². The van der Waals surface area contributed by atoms with E-state index in [1.807, 2.05) is 6.07 Å². The molecular formula is C20H22O6. The van der Waals surface area contributed by atoms with E-state index < -0.39 is 0 Å². The van der Waals surface area contributed by atoms with E-state index in [1.54, 1.807) is 30.3 Å². The molecule has 2 aromatic rings. The summed E-state index contributed by atoms with van der Waals surface area (Å²) in [5, 5.41) is 19.4. The Hall–Kier alpha value is -2.89. The lowest BCUT2D eigenvalue weighted by molar-refractivity contribution is -0.141. The first-order chi connectivity index (χ1) is 12.5. The van der Waals surface area contributed by atoms with Crippen LogP contribution in [-0.2, 0) is 22.4 Å². The Labute approximate surface area is 151 Å². The quantitative estimate of drug-likeness (QED) is 0.773. The van der Waals surface area contributed by atoms with E-state index in [0.29, 0.717) is 30.9 Å². The van der Waals surface area contributed by atoms with E-state index in [9.17, 15) is 15.0 Å². The fourth-order valence-electron chi connectivity index (χ4n) is 3.31. The Morgan fingerprint density at radius 3 is 2.04 bits per heavy atom. The van der Waals surface area contributed by atoms with Gasteiger partial charge in [-0.15, -0.1) is 0 Å². The molecule has 0 aliphatic carbocycles. The number of hydrogen-bond acceptors (Lipinski definition) is 6. The number of hydrogen-bond donors (Lipinski definition) is 2. The number of methoxy groups -OCH3 is 2. The molecule has 6 nitrogen and oxygen atoms in total. The van der Waals surface area contributed by atoms with Crippen molar-refractivity contribution in [2.24, 2.45) is 11.8 Å². The molecule has 2 N–H and O–H groups in total. The van der Waals surface area contributed by atoms with E-state index in [0.717, 1.165) is 11.1 Å². The summed E-state index contributed by atoms with van der Waals surface area (Å²) in [6, 6.07) is 10.3. The van der Waals surface area contributed by atoms with Crippen LogP contribution in [0.15, 0.2) is 36.4 Å². The van der Waals surface area contributed by atoms with E-state index in [2.05, 4.69) is 0 Å². The molecule has 26 heavy (non-hydrogen) atoms. The van der Waals surface area contributed by atoms with Crippen molar-refractivity contribution < 1.29 is 29.2 Å². The summed E-state index contributed by atoms with van der Waals surface area (Å²) < 4.78 is 15.6. The fraction of sp³-hybridized carbons (Fsp3) is 0.350. The predicted molar refractivity (Wildman–Crippen MR) is 94.7 cm³/mol. The number of phenolic OH excluding ortho intramolecular Hbond substituents is 2. The van der Waals surface area contributed by atoms with Crippen molar-refractivity contribution in [2.45, 2.75) is 12.8 Å². The maximum absolute atomic E-state index is 12.2. The van der Waals surface area contributed by atoms with Gasteiger partial charge in [0.25, 0.3) is 0 Å². The molecule has 1 fully saturated rings. The summed E-state index contributed by atoms with van der Waals surface area (Å²) in [5.74, 6) is 0.482. The number of carbonyl (C=O) groups excluding carboxylic acids is 1. The van der Waals surface area contributed by atoms with Gasteiger partial charge in [0.1, 0.15) is 0 Å².